The van der Waals surface area contributed by atoms with Crippen molar-refractivity contribution in [3.63, 3.8) is 0 Å². The van der Waals surface area contributed by atoms with Crippen molar-refractivity contribution in [1.29, 1.82) is 0 Å². The van der Waals surface area contributed by atoms with Gasteiger partial charge in [0.1, 0.15) is 5.82 Å². The molecule has 0 spiro atoms. The van der Waals surface area contributed by atoms with Crippen molar-refractivity contribution in [2.45, 2.75) is 65.3 Å². The second-order valence-corrected chi connectivity index (χ2v) is 5.66. The van der Waals surface area contributed by atoms with E-state index in [1.165, 1.54) is 36.5 Å². The summed E-state index contributed by atoms with van der Waals surface area (Å²) < 4.78 is 2.43. The Balaban J connectivity index is 2.62. The summed E-state index contributed by atoms with van der Waals surface area (Å²) in [6.07, 6.45) is 3.74. The van der Waals surface area contributed by atoms with Gasteiger partial charge in [0.05, 0.1) is 5.69 Å². The highest BCUT2D eigenvalue weighted by Crippen LogP contribution is 2.38. The molecule has 15 heavy (non-hydrogen) atoms. The molecule has 0 radical (unpaired) electrons. The molecule has 84 valence electrons. The number of fused-ring (bicyclic) bond motifs is 1. The first-order valence-electron chi connectivity index (χ1n) is 6.01. The Morgan fingerprint density at radius 1 is 1.33 bits per heavy atom. The van der Waals surface area contributed by atoms with Crippen molar-refractivity contribution in [3.05, 3.63) is 17.2 Å². The molecule has 0 saturated heterocycles. The van der Waals surface area contributed by atoms with E-state index in [1.807, 2.05) is 0 Å². The van der Waals surface area contributed by atoms with Crippen LogP contribution in [0.4, 0.5) is 0 Å². The second kappa shape index (κ2) is 3.36. The van der Waals surface area contributed by atoms with Gasteiger partial charge in [-0.1, -0.05) is 13.8 Å². The number of hydrogen-bond acceptors (Lipinski definition) is 1. The fraction of sp³-hybridized carbons (Fsp3) is 0.769. The van der Waals surface area contributed by atoms with Crippen LogP contribution in [0.25, 0.3) is 0 Å². The molecule has 0 N–H and O–H groups in total. The first-order valence-corrected chi connectivity index (χ1v) is 6.01. The zero-order chi connectivity index (χ0) is 11.2. The number of aromatic nitrogens is 2. The van der Waals surface area contributed by atoms with E-state index in [-0.39, 0.29) is 0 Å². The van der Waals surface area contributed by atoms with Gasteiger partial charge in [-0.15, -0.1) is 0 Å². The van der Waals surface area contributed by atoms with E-state index in [9.17, 15) is 0 Å². The molecule has 2 nitrogen and oxygen atoms in total. The van der Waals surface area contributed by atoms with Gasteiger partial charge < -0.3 is 4.57 Å². The Morgan fingerprint density at radius 2 is 2.00 bits per heavy atom. The number of nitrogens with zero attached hydrogens (tertiary/aromatic N) is 2. The minimum Gasteiger partial charge on any atom is -0.329 e. The summed E-state index contributed by atoms with van der Waals surface area (Å²) in [5.41, 5.74) is 3.14. The lowest BCUT2D eigenvalue weighted by molar-refractivity contribution is 0.385. The molecule has 0 atom stereocenters. The molecule has 0 aromatic carbocycles. The molecule has 1 aromatic heterocycles. The summed E-state index contributed by atoms with van der Waals surface area (Å²) in [7, 11) is 0. The molecule has 0 amide bonds. The smallest absolute Gasteiger partial charge is 0.106 e. The van der Waals surface area contributed by atoms with E-state index in [0.717, 1.165) is 0 Å². The van der Waals surface area contributed by atoms with Crippen molar-refractivity contribution in [2.24, 2.45) is 0 Å². The molecule has 2 heteroatoms. The van der Waals surface area contributed by atoms with Crippen LogP contribution in [0.5, 0.6) is 0 Å². The third kappa shape index (κ3) is 1.60. The summed E-state index contributed by atoms with van der Waals surface area (Å²) in [5.74, 6) is 1.19. The van der Waals surface area contributed by atoms with E-state index < -0.39 is 0 Å². The van der Waals surface area contributed by atoms with Gasteiger partial charge in [0.25, 0.3) is 0 Å². The molecule has 1 aromatic rings. The highest BCUT2D eigenvalue weighted by atomic mass is 15.1. The molecule has 2 rings (SSSR count). The van der Waals surface area contributed by atoms with Gasteiger partial charge in [0.15, 0.2) is 0 Å². The first kappa shape index (κ1) is 10.7. The monoisotopic (exact) mass is 206 g/mol. The number of hydrogen-bond donors (Lipinski definition) is 0. The van der Waals surface area contributed by atoms with Crippen LogP contribution >= 0.6 is 0 Å². The summed E-state index contributed by atoms with van der Waals surface area (Å²) in [6.45, 7) is 11.3. The van der Waals surface area contributed by atoms with Crippen LogP contribution in [0.2, 0.25) is 0 Å². The second-order valence-electron chi connectivity index (χ2n) is 5.66. The third-order valence-corrected chi connectivity index (χ3v) is 3.53. The van der Waals surface area contributed by atoms with Gasteiger partial charge in [-0.2, -0.15) is 0 Å². The van der Waals surface area contributed by atoms with Crippen LogP contribution in [-0.2, 0) is 11.8 Å². The normalized spacial score (nSPS) is 19.3. The maximum Gasteiger partial charge on any atom is 0.106 e. The van der Waals surface area contributed by atoms with E-state index in [0.29, 0.717) is 11.5 Å². The predicted octanol–water partition coefficient (Wildman–Crippen LogP) is 3.39. The van der Waals surface area contributed by atoms with Crippen molar-refractivity contribution in [3.8, 4) is 0 Å². The number of imidazole rings is 1. The Labute approximate surface area is 92.7 Å². The summed E-state index contributed by atoms with van der Waals surface area (Å²) in [4.78, 5) is 4.73. The molecule has 1 heterocycles. The minimum absolute atomic E-state index is 0.305. The van der Waals surface area contributed by atoms with E-state index in [1.54, 1.807) is 0 Å². The molecule has 1 aliphatic rings. The lowest BCUT2D eigenvalue weighted by atomic mass is 9.77. The average Bonchev–Trinajstić information content (AvgIpc) is 2.42. The largest absolute Gasteiger partial charge is 0.329 e. The van der Waals surface area contributed by atoms with Crippen LogP contribution in [-0.4, -0.2) is 9.55 Å². The molecule has 0 saturated carbocycles. The fourth-order valence-corrected chi connectivity index (χ4v) is 2.94. The maximum atomic E-state index is 4.73. The maximum absolute atomic E-state index is 4.73. The Kier molecular flexibility index (Phi) is 2.40. The molecular weight excluding hydrogens is 184 g/mol. The molecule has 0 fully saturated rings. The molecule has 0 unspecified atom stereocenters. The lowest BCUT2D eigenvalue weighted by Crippen LogP contribution is -2.27. The van der Waals surface area contributed by atoms with E-state index in [2.05, 4.69) is 39.2 Å². The zero-order valence-corrected chi connectivity index (χ0v) is 10.6. The number of aryl methyl sites for hydroxylation is 2. The molecule has 0 bridgehead atoms. The van der Waals surface area contributed by atoms with Crippen LogP contribution in [0.15, 0.2) is 0 Å². The van der Waals surface area contributed by atoms with Crippen molar-refractivity contribution in [2.75, 3.05) is 0 Å². The van der Waals surface area contributed by atoms with Gasteiger partial charge in [0.2, 0.25) is 0 Å². The number of rotatable bonds is 1. The molecule has 0 aliphatic heterocycles. The minimum atomic E-state index is 0.305. The molecule has 1 aliphatic carbocycles. The average molecular weight is 206 g/mol. The first-order chi connectivity index (χ1) is 6.93. The lowest BCUT2D eigenvalue weighted by Gasteiger charge is -2.32. The SMILES string of the molecule is Cc1nc2c(n1C(C)C)C(C)(C)CCC2. The predicted molar refractivity (Wildman–Crippen MR) is 63.3 cm³/mol. The van der Waals surface area contributed by atoms with Gasteiger partial charge >= 0.3 is 0 Å². The topological polar surface area (TPSA) is 17.8 Å². The quantitative estimate of drug-likeness (QED) is 0.688. The highest BCUT2D eigenvalue weighted by Gasteiger charge is 2.33. The van der Waals surface area contributed by atoms with Gasteiger partial charge in [-0.3, -0.25) is 0 Å². The Hall–Kier alpha value is -0.790. The standard InChI is InChI=1S/C13H22N2/c1-9(2)15-10(3)14-11-7-6-8-13(4,5)12(11)15/h9H,6-8H2,1-5H3. The Bertz CT molecular complexity index is 372. The summed E-state index contributed by atoms with van der Waals surface area (Å²) in [6, 6.07) is 0.527. The van der Waals surface area contributed by atoms with E-state index >= 15 is 0 Å². The van der Waals surface area contributed by atoms with Crippen molar-refractivity contribution >= 4 is 0 Å². The highest BCUT2D eigenvalue weighted by molar-refractivity contribution is 5.28. The molecular formula is C13H22N2. The van der Waals surface area contributed by atoms with Crippen LogP contribution in [0.1, 0.15) is 63.8 Å². The van der Waals surface area contributed by atoms with Gasteiger partial charge in [-0.05, 0) is 40.0 Å². The zero-order valence-electron chi connectivity index (χ0n) is 10.6. The van der Waals surface area contributed by atoms with Gasteiger partial charge in [-0.25, -0.2) is 4.98 Å². The van der Waals surface area contributed by atoms with E-state index in [4.69, 9.17) is 4.98 Å². The summed E-state index contributed by atoms with van der Waals surface area (Å²) >= 11 is 0. The van der Waals surface area contributed by atoms with Gasteiger partial charge in [0, 0.05) is 17.2 Å². The van der Waals surface area contributed by atoms with Crippen molar-refractivity contribution in [1.82, 2.24) is 9.55 Å². The third-order valence-electron chi connectivity index (χ3n) is 3.53. The summed E-state index contributed by atoms with van der Waals surface area (Å²) in [5, 5.41) is 0. The fourth-order valence-electron chi connectivity index (χ4n) is 2.94. The van der Waals surface area contributed by atoms with Crippen LogP contribution in [0.3, 0.4) is 0 Å². The Morgan fingerprint density at radius 3 is 2.60 bits per heavy atom. The van der Waals surface area contributed by atoms with Crippen molar-refractivity contribution < 1.29 is 0 Å². The van der Waals surface area contributed by atoms with Crippen LogP contribution < -0.4 is 0 Å². The van der Waals surface area contributed by atoms with Crippen LogP contribution in [0, 0.1) is 6.92 Å².